The van der Waals surface area contributed by atoms with Crippen LogP contribution in [0.15, 0.2) is 20.5 Å². The smallest absolute Gasteiger partial charge is 0.208 e. The van der Waals surface area contributed by atoms with E-state index >= 15 is 0 Å². The normalized spacial score (nSPS) is 11.4. The molecular formula is C12H15BrN2OS. The Balaban J connectivity index is 2.12. The van der Waals surface area contributed by atoms with Crippen molar-refractivity contribution in [3.63, 3.8) is 0 Å². The molecule has 0 fully saturated rings. The van der Waals surface area contributed by atoms with Crippen LogP contribution in [0.3, 0.4) is 0 Å². The average molecular weight is 315 g/mol. The van der Waals surface area contributed by atoms with Gasteiger partial charge in [-0.1, -0.05) is 13.8 Å². The molecule has 1 N–H and O–H groups in total. The number of thiophene rings is 1. The van der Waals surface area contributed by atoms with Crippen LogP contribution in [0.5, 0.6) is 0 Å². The molecule has 0 unspecified atom stereocenters. The minimum absolute atomic E-state index is 0.434. The van der Waals surface area contributed by atoms with Crippen molar-refractivity contribution in [3.05, 3.63) is 27.5 Å². The van der Waals surface area contributed by atoms with Gasteiger partial charge in [-0.15, -0.1) is 11.3 Å². The molecule has 92 valence electrons. The molecule has 3 nitrogen and oxygen atoms in total. The van der Waals surface area contributed by atoms with Gasteiger partial charge in [-0.2, -0.15) is 0 Å². The highest BCUT2D eigenvalue weighted by atomic mass is 79.9. The zero-order valence-corrected chi connectivity index (χ0v) is 12.5. The highest BCUT2D eigenvalue weighted by Crippen LogP contribution is 2.34. The third kappa shape index (κ3) is 3.18. The van der Waals surface area contributed by atoms with E-state index in [1.54, 1.807) is 17.5 Å². The van der Waals surface area contributed by atoms with Gasteiger partial charge in [0.2, 0.25) is 5.89 Å². The number of oxazole rings is 1. The Morgan fingerprint density at radius 1 is 1.53 bits per heavy atom. The Hall–Kier alpha value is -0.650. The molecule has 0 aromatic carbocycles. The molecule has 5 heteroatoms. The van der Waals surface area contributed by atoms with Crippen molar-refractivity contribution < 1.29 is 4.42 Å². The summed E-state index contributed by atoms with van der Waals surface area (Å²) in [6.45, 7) is 6.94. The number of halogens is 1. The predicted octanol–water partition coefficient (Wildman–Crippen LogP) is 3.97. The van der Waals surface area contributed by atoms with Crippen LogP contribution in [-0.2, 0) is 6.54 Å². The second kappa shape index (κ2) is 5.33. The summed E-state index contributed by atoms with van der Waals surface area (Å²) in [6.07, 6.45) is 1.79. The molecule has 0 aliphatic carbocycles. The topological polar surface area (TPSA) is 38.1 Å². The van der Waals surface area contributed by atoms with E-state index in [2.05, 4.69) is 53.1 Å². The fraction of sp³-hybridized carbons (Fsp3) is 0.417. The molecule has 0 radical (unpaired) electrons. The van der Waals surface area contributed by atoms with E-state index in [0.717, 1.165) is 20.3 Å². The first kappa shape index (κ1) is 12.8. The summed E-state index contributed by atoms with van der Waals surface area (Å²) < 4.78 is 6.85. The van der Waals surface area contributed by atoms with E-state index in [1.165, 1.54) is 5.56 Å². The fourth-order valence-electron chi connectivity index (χ4n) is 1.38. The van der Waals surface area contributed by atoms with Gasteiger partial charge < -0.3 is 9.73 Å². The van der Waals surface area contributed by atoms with Crippen molar-refractivity contribution in [2.75, 3.05) is 0 Å². The quantitative estimate of drug-likeness (QED) is 0.927. The minimum atomic E-state index is 0.434. The Labute approximate surface area is 113 Å². The van der Waals surface area contributed by atoms with Gasteiger partial charge in [-0.25, -0.2) is 4.98 Å². The van der Waals surface area contributed by atoms with Crippen LogP contribution in [0.25, 0.3) is 10.6 Å². The molecule has 0 aliphatic rings. The standard InChI is InChI=1S/C12H15BrN2OS/c1-7(2)14-6-11-15-5-9(16-11)10-4-8(3)12(13)17-10/h4-5,7,14H,6H2,1-3H3. The molecule has 2 aromatic rings. The fourth-order valence-corrected chi connectivity index (χ4v) is 2.86. The average Bonchev–Trinajstić information content (AvgIpc) is 2.84. The Kier molecular flexibility index (Phi) is 4.01. The summed E-state index contributed by atoms with van der Waals surface area (Å²) >= 11 is 5.18. The Bertz CT molecular complexity index is 485. The van der Waals surface area contributed by atoms with Crippen molar-refractivity contribution in [2.45, 2.75) is 33.4 Å². The number of nitrogens with one attached hydrogen (secondary N) is 1. The minimum Gasteiger partial charge on any atom is -0.438 e. The Morgan fingerprint density at radius 2 is 2.29 bits per heavy atom. The first-order chi connectivity index (χ1) is 8.06. The molecule has 0 amide bonds. The number of rotatable bonds is 4. The number of aromatic nitrogens is 1. The van der Waals surface area contributed by atoms with Gasteiger partial charge in [0.25, 0.3) is 0 Å². The second-order valence-electron chi connectivity index (χ2n) is 4.22. The molecule has 2 heterocycles. The summed E-state index contributed by atoms with van der Waals surface area (Å²) in [6, 6.07) is 2.54. The Morgan fingerprint density at radius 3 is 2.88 bits per heavy atom. The number of nitrogens with zero attached hydrogens (tertiary/aromatic N) is 1. The molecule has 0 aliphatic heterocycles. The van der Waals surface area contributed by atoms with Gasteiger partial charge in [0.1, 0.15) is 0 Å². The molecule has 0 saturated carbocycles. The lowest BCUT2D eigenvalue weighted by Gasteiger charge is -2.03. The molecule has 0 bridgehead atoms. The third-order valence-corrected chi connectivity index (χ3v) is 4.47. The van der Waals surface area contributed by atoms with E-state index in [-0.39, 0.29) is 0 Å². The van der Waals surface area contributed by atoms with Crippen LogP contribution in [0.4, 0.5) is 0 Å². The van der Waals surface area contributed by atoms with Gasteiger partial charge in [-0.3, -0.25) is 0 Å². The zero-order valence-electron chi connectivity index (χ0n) is 10.1. The van der Waals surface area contributed by atoms with E-state index in [4.69, 9.17) is 4.42 Å². The van der Waals surface area contributed by atoms with Gasteiger partial charge in [-0.05, 0) is 34.5 Å². The SMILES string of the molecule is Cc1cc(-c2cnc(CNC(C)C)o2)sc1Br. The molecule has 0 spiro atoms. The van der Waals surface area contributed by atoms with Gasteiger partial charge >= 0.3 is 0 Å². The van der Waals surface area contributed by atoms with E-state index in [1.807, 2.05) is 0 Å². The summed E-state index contributed by atoms with van der Waals surface area (Å²) in [5.74, 6) is 1.57. The van der Waals surface area contributed by atoms with Crippen LogP contribution < -0.4 is 5.32 Å². The third-order valence-electron chi connectivity index (χ3n) is 2.32. The van der Waals surface area contributed by atoms with Crippen LogP contribution >= 0.6 is 27.3 Å². The van der Waals surface area contributed by atoms with E-state index in [0.29, 0.717) is 12.6 Å². The van der Waals surface area contributed by atoms with Crippen LogP contribution in [0, 0.1) is 6.92 Å². The maximum absolute atomic E-state index is 5.70. The second-order valence-corrected chi connectivity index (χ2v) is 6.59. The lowest BCUT2D eigenvalue weighted by molar-refractivity contribution is 0.459. The van der Waals surface area contributed by atoms with Crippen molar-refractivity contribution in [1.82, 2.24) is 10.3 Å². The van der Waals surface area contributed by atoms with Gasteiger partial charge in [0.15, 0.2) is 5.76 Å². The summed E-state index contributed by atoms with van der Waals surface area (Å²) in [5.41, 5.74) is 1.23. The predicted molar refractivity (Wildman–Crippen MR) is 74.2 cm³/mol. The first-order valence-electron chi connectivity index (χ1n) is 5.50. The van der Waals surface area contributed by atoms with Crippen molar-refractivity contribution in [1.29, 1.82) is 0 Å². The number of aryl methyl sites for hydroxylation is 1. The lowest BCUT2D eigenvalue weighted by atomic mass is 10.3. The first-order valence-corrected chi connectivity index (χ1v) is 7.11. The van der Waals surface area contributed by atoms with Crippen molar-refractivity contribution >= 4 is 27.3 Å². The van der Waals surface area contributed by atoms with Crippen LogP contribution in [0.2, 0.25) is 0 Å². The zero-order chi connectivity index (χ0) is 12.4. The van der Waals surface area contributed by atoms with Crippen molar-refractivity contribution in [2.24, 2.45) is 0 Å². The largest absolute Gasteiger partial charge is 0.438 e. The summed E-state index contributed by atoms with van der Waals surface area (Å²) in [7, 11) is 0. The lowest BCUT2D eigenvalue weighted by Crippen LogP contribution is -2.21. The molecule has 17 heavy (non-hydrogen) atoms. The monoisotopic (exact) mass is 314 g/mol. The maximum Gasteiger partial charge on any atom is 0.208 e. The summed E-state index contributed by atoms with van der Waals surface area (Å²) in [5, 5.41) is 3.28. The highest BCUT2D eigenvalue weighted by molar-refractivity contribution is 9.11. The highest BCUT2D eigenvalue weighted by Gasteiger charge is 2.10. The molecule has 0 saturated heterocycles. The van der Waals surface area contributed by atoms with Gasteiger partial charge in [0, 0.05) is 6.04 Å². The molecule has 2 aromatic heterocycles. The maximum atomic E-state index is 5.70. The molecule has 2 rings (SSSR count). The van der Waals surface area contributed by atoms with Crippen LogP contribution in [0.1, 0.15) is 25.3 Å². The summed E-state index contributed by atoms with van der Waals surface area (Å²) in [4.78, 5) is 5.37. The van der Waals surface area contributed by atoms with Gasteiger partial charge in [0.05, 0.1) is 21.4 Å². The molecular weight excluding hydrogens is 300 g/mol. The molecule has 0 atom stereocenters. The van der Waals surface area contributed by atoms with E-state index in [9.17, 15) is 0 Å². The number of hydrogen-bond donors (Lipinski definition) is 1. The van der Waals surface area contributed by atoms with Crippen molar-refractivity contribution in [3.8, 4) is 10.6 Å². The van der Waals surface area contributed by atoms with Crippen LogP contribution in [-0.4, -0.2) is 11.0 Å². The number of hydrogen-bond acceptors (Lipinski definition) is 4. The van der Waals surface area contributed by atoms with E-state index < -0.39 is 0 Å².